The summed E-state index contributed by atoms with van der Waals surface area (Å²) in [6.07, 6.45) is 0.891. The van der Waals surface area contributed by atoms with Gasteiger partial charge in [0.15, 0.2) is 5.82 Å². The second kappa shape index (κ2) is 6.65. The van der Waals surface area contributed by atoms with Gasteiger partial charge in [0.05, 0.1) is 10.2 Å². The molecule has 20 heavy (non-hydrogen) atoms. The Hall–Kier alpha value is -0.980. The van der Waals surface area contributed by atoms with Gasteiger partial charge in [-0.1, -0.05) is 18.3 Å². The number of hydrogen-bond donors (Lipinski definition) is 1. The van der Waals surface area contributed by atoms with E-state index < -0.39 is 0 Å². The molecule has 0 radical (unpaired) electrons. The van der Waals surface area contributed by atoms with Gasteiger partial charge >= 0.3 is 0 Å². The zero-order valence-electron chi connectivity index (χ0n) is 10.9. The topological polar surface area (TPSA) is 29.3 Å². The molecule has 2 nitrogen and oxygen atoms in total. The van der Waals surface area contributed by atoms with E-state index in [1.165, 1.54) is 4.88 Å². The summed E-state index contributed by atoms with van der Waals surface area (Å²) in [5.74, 6) is -0.330. The minimum absolute atomic E-state index is 0.184. The number of anilines is 1. The van der Waals surface area contributed by atoms with Gasteiger partial charge in [-0.05, 0) is 45.9 Å². The molecule has 6 heteroatoms. The third kappa shape index (κ3) is 3.37. The van der Waals surface area contributed by atoms with Crippen LogP contribution < -0.4 is 10.6 Å². The van der Waals surface area contributed by atoms with Gasteiger partial charge in [0, 0.05) is 24.0 Å². The van der Waals surface area contributed by atoms with Crippen molar-refractivity contribution in [2.75, 3.05) is 18.5 Å². The molecule has 0 unspecified atom stereocenters. The molecule has 106 valence electrons. The third-order valence-electron chi connectivity index (χ3n) is 3.01. The van der Waals surface area contributed by atoms with E-state index in [1.807, 2.05) is 23.4 Å². The number of thiophene rings is 1. The Morgan fingerprint density at radius 1 is 1.45 bits per heavy atom. The second-order valence-electron chi connectivity index (χ2n) is 4.38. The van der Waals surface area contributed by atoms with Crippen LogP contribution in [0.4, 0.5) is 10.1 Å². The van der Waals surface area contributed by atoms with E-state index in [0.29, 0.717) is 15.7 Å². The van der Waals surface area contributed by atoms with Gasteiger partial charge in [-0.3, -0.25) is 0 Å². The maximum Gasteiger partial charge on any atom is 0.161 e. The van der Waals surface area contributed by atoms with Gasteiger partial charge in [0.25, 0.3) is 0 Å². The highest BCUT2D eigenvalue weighted by Gasteiger charge is 2.15. The summed E-state index contributed by atoms with van der Waals surface area (Å²) in [6, 6.07) is 7.56. The summed E-state index contributed by atoms with van der Waals surface area (Å²) < 4.78 is 14.7. The van der Waals surface area contributed by atoms with E-state index in [-0.39, 0.29) is 10.8 Å². The van der Waals surface area contributed by atoms with Gasteiger partial charge in [0.2, 0.25) is 0 Å². The molecule has 0 bridgehead atoms. The highest BCUT2D eigenvalue weighted by molar-refractivity contribution is 9.10. The molecule has 1 aromatic heterocycles. The van der Waals surface area contributed by atoms with Crippen molar-refractivity contribution < 1.29 is 4.39 Å². The molecule has 0 aliphatic rings. The van der Waals surface area contributed by atoms with Crippen LogP contribution in [-0.4, -0.2) is 18.6 Å². The van der Waals surface area contributed by atoms with Crippen molar-refractivity contribution in [3.05, 3.63) is 50.4 Å². The molecule has 2 rings (SSSR count). The summed E-state index contributed by atoms with van der Waals surface area (Å²) in [5, 5.41) is 2.05. The van der Waals surface area contributed by atoms with Crippen LogP contribution in [0.3, 0.4) is 0 Å². The van der Waals surface area contributed by atoms with Crippen LogP contribution >= 0.6 is 39.5 Å². The maximum atomic E-state index is 14.3. The van der Waals surface area contributed by atoms with E-state index in [0.717, 1.165) is 13.0 Å². The number of nitrogens with zero attached hydrogens (tertiary/aromatic N) is 1. The normalized spacial score (nSPS) is 10.6. The molecule has 0 atom stereocenters. The van der Waals surface area contributed by atoms with Gasteiger partial charge in [0.1, 0.15) is 4.99 Å². The molecule has 0 saturated heterocycles. The second-order valence-corrected chi connectivity index (χ2v) is 6.64. The monoisotopic (exact) mass is 372 g/mol. The Morgan fingerprint density at radius 3 is 2.80 bits per heavy atom. The van der Waals surface area contributed by atoms with Gasteiger partial charge in [-0.2, -0.15) is 0 Å². The first kappa shape index (κ1) is 15.4. The number of halogens is 2. The number of benzene rings is 1. The Kier molecular flexibility index (Phi) is 5.12. The smallest absolute Gasteiger partial charge is 0.161 e. The van der Waals surface area contributed by atoms with E-state index in [1.54, 1.807) is 23.5 Å². The van der Waals surface area contributed by atoms with Crippen LogP contribution in [0.1, 0.15) is 10.4 Å². The molecule has 0 saturated carbocycles. The highest BCUT2D eigenvalue weighted by Crippen LogP contribution is 2.29. The van der Waals surface area contributed by atoms with Crippen LogP contribution in [0.2, 0.25) is 0 Å². The number of rotatable bonds is 5. The van der Waals surface area contributed by atoms with Crippen molar-refractivity contribution >= 4 is 50.2 Å². The molecule has 0 fully saturated rings. The standard InChI is InChI=1S/C14H14BrFN2S2/c1-18(7-6-9-3-2-8-20-9)11-5-4-10(14(17)19)12(15)13(11)16/h2-5,8H,6-7H2,1H3,(H2,17,19). The zero-order chi connectivity index (χ0) is 14.7. The number of likely N-dealkylation sites (N-methyl/N-ethyl adjacent to an activating group) is 1. The SMILES string of the molecule is CN(CCc1cccs1)c1ccc(C(N)=S)c(Br)c1F. The Morgan fingerprint density at radius 2 is 2.20 bits per heavy atom. The molecule has 0 amide bonds. The van der Waals surface area contributed by atoms with E-state index in [2.05, 4.69) is 22.0 Å². The first-order valence-corrected chi connectivity index (χ1v) is 8.10. The lowest BCUT2D eigenvalue weighted by molar-refractivity contribution is 0.615. The van der Waals surface area contributed by atoms with Crippen molar-refractivity contribution in [3.8, 4) is 0 Å². The van der Waals surface area contributed by atoms with Crippen LogP contribution in [0.5, 0.6) is 0 Å². The molecule has 1 heterocycles. The predicted octanol–water partition coefficient (Wildman–Crippen LogP) is 3.96. The van der Waals surface area contributed by atoms with Gasteiger partial charge in [-0.25, -0.2) is 4.39 Å². The van der Waals surface area contributed by atoms with Crippen molar-refractivity contribution in [3.63, 3.8) is 0 Å². The quantitative estimate of drug-likeness (QED) is 0.805. The van der Waals surface area contributed by atoms with E-state index in [4.69, 9.17) is 18.0 Å². The van der Waals surface area contributed by atoms with E-state index >= 15 is 0 Å². The van der Waals surface area contributed by atoms with Gasteiger partial charge < -0.3 is 10.6 Å². The first-order chi connectivity index (χ1) is 9.50. The van der Waals surface area contributed by atoms with Crippen molar-refractivity contribution in [2.45, 2.75) is 6.42 Å². The first-order valence-electron chi connectivity index (χ1n) is 6.02. The Balaban J connectivity index is 2.16. The molecule has 2 N–H and O–H groups in total. The molecule has 2 aromatic rings. The molecule has 0 aliphatic heterocycles. The van der Waals surface area contributed by atoms with Crippen molar-refractivity contribution in [1.29, 1.82) is 0 Å². The largest absolute Gasteiger partial charge is 0.389 e. The molecule has 0 aliphatic carbocycles. The minimum Gasteiger partial charge on any atom is -0.389 e. The average molecular weight is 373 g/mol. The predicted molar refractivity (Wildman–Crippen MR) is 91.3 cm³/mol. The van der Waals surface area contributed by atoms with Crippen LogP contribution in [0.15, 0.2) is 34.1 Å². The van der Waals surface area contributed by atoms with Crippen molar-refractivity contribution in [2.24, 2.45) is 5.73 Å². The lowest BCUT2D eigenvalue weighted by Gasteiger charge is -2.21. The summed E-state index contributed by atoms with van der Waals surface area (Å²) >= 11 is 9.83. The zero-order valence-corrected chi connectivity index (χ0v) is 14.1. The van der Waals surface area contributed by atoms with Crippen LogP contribution in [-0.2, 0) is 6.42 Å². The van der Waals surface area contributed by atoms with Gasteiger partial charge in [-0.15, -0.1) is 11.3 Å². The fraction of sp³-hybridized carbons (Fsp3) is 0.214. The Bertz CT molecular complexity index is 614. The summed E-state index contributed by atoms with van der Waals surface area (Å²) in [7, 11) is 1.87. The third-order valence-corrected chi connectivity index (χ3v) is 4.94. The lowest BCUT2D eigenvalue weighted by atomic mass is 10.2. The average Bonchev–Trinajstić information content (AvgIpc) is 2.92. The fourth-order valence-corrected chi connectivity index (χ4v) is 3.43. The van der Waals surface area contributed by atoms with Crippen LogP contribution in [0, 0.1) is 5.82 Å². The van der Waals surface area contributed by atoms with Crippen LogP contribution in [0.25, 0.3) is 0 Å². The fourth-order valence-electron chi connectivity index (χ4n) is 1.88. The minimum atomic E-state index is -0.330. The molecule has 1 aromatic carbocycles. The summed E-state index contributed by atoms with van der Waals surface area (Å²) in [5.41, 5.74) is 6.61. The molecular formula is C14H14BrFN2S2. The summed E-state index contributed by atoms with van der Waals surface area (Å²) in [6.45, 7) is 0.746. The molecule has 0 spiro atoms. The number of hydrogen-bond acceptors (Lipinski definition) is 3. The summed E-state index contributed by atoms with van der Waals surface area (Å²) in [4.78, 5) is 3.36. The van der Waals surface area contributed by atoms with E-state index in [9.17, 15) is 4.39 Å². The lowest BCUT2D eigenvalue weighted by Crippen LogP contribution is -2.22. The maximum absolute atomic E-state index is 14.3. The number of thiocarbonyl (C=S) groups is 1. The Labute approximate surface area is 135 Å². The van der Waals surface area contributed by atoms with Crippen molar-refractivity contribution in [1.82, 2.24) is 0 Å². The molecular weight excluding hydrogens is 359 g/mol. The highest BCUT2D eigenvalue weighted by atomic mass is 79.9. The number of nitrogens with two attached hydrogens (primary N) is 1.